The van der Waals surface area contributed by atoms with E-state index in [0.717, 1.165) is 17.1 Å². The van der Waals surface area contributed by atoms with Gasteiger partial charge in [0.1, 0.15) is 0 Å². The number of halogens is 1. The molecule has 0 unspecified atom stereocenters. The van der Waals surface area contributed by atoms with Crippen molar-refractivity contribution in [1.29, 1.82) is 0 Å². The normalized spacial score (nSPS) is 20.3. The van der Waals surface area contributed by atoms with Gasteiger partial charge in [-0.25, -0.2) is 0 Å². The summed E-state index contributed by atoms with van der Waals surface area (Å²) in [4.78, 5) is 5.38. The summed E-state index contributed by atoms with van der Waals surface area (Å²) in [5, 5.41) is 0. The highest BCUT2D eigenvalue weighted by Crippen LogP contribution is 2.25. The molecule has 1 heterocycles. The fourth-order valence-corrected chi connectivity index (χ4v) is 4.70. The van der Waals surface area contributed by atoms with Gasteiger partial charge in [-0.05, 0) is 41.7 Å². The van der Waals surface area contributed by atoms with E-state index >= 15 is 0 Å². The first-order valence-corrected chi connectivity index (χ1v) is 10.9. The molecule has 0 radical (unpaired) electrons. The molecule has 2 aromatic rings. The molecule has 0 spiro atoms. The third-order valence-corrected chi connectivity index (χ3v) is 6.56. The van der Waals surface area contributed by atoms with E-state index < -0.39 is 0 Å². The summed E-state index contributed by atoms with van der Waals surface area (Å²) >= 11 is 3.51. The molecule has 0 atom stereocenters. The van der Waals surface area contributed by atoms with Gasteiger partial charge in [0.25, 0.3) is 0 Å². The molecule has 26 heavy (non-hydrogen) atoms. The van der Waals surface area contributed by atoms with E-state index in [2.05, 4.69) is 74.3 Å². The van der Waals surface area contributed by atoms with Crippen LogP contribution >= 0.6 is 15.9 Å². The third-order valence-electron chi connectivity index (χ3n) is 6.04. The zero-order valence-electron chi connectivity index (χ0n) is 15.5. The summed E-state index contributed by atoms with van der Waals surface area (Å²) in [5.74, 6) is 0. The van der Waals surface area contributed by atoms with Gasteiger partial charge < -0.3 is 0 Å². The van der Waals surface area contributed by atoms with Crippen LogP contribution < -0.4 is 0 Å². The Balaban J connectivity index is 1.30. The number of hydrogen-bond acceptors (Lipinski definition) is 2. The highest BCUT2D eigenvalue weighted by atomic mass is 79.9. The van der Waals surface area contributed by atoms with Gasteiger partial charge in [0.05, 0.1) is 0 Å². The van der Waals surface area contributed by atoms with E-state index in [4.69, 9.17) is 0 Å². The third kappa shape index (κ3) is 4.57. The Hall–Kier alpha value is -1.16. The van der Waals surface area contributed by atoms with Crippen molar-refractivity contribution in [1.82, 2.24) is 9.80 Å². The van der Waals surface area contributed by atoms with Gasteiger partial charge in [0.2, 0.25) is 0 Å². The summed E-state index contributed by atoms with van der Waals surface area (Å²) < 4.78 is 1.13. The van der Waals surface area contributed by atoms with E-state index in [9.17, 15) is 0 Å². The van der Waals surface area contributed by atoms with E-state index in [1.807, 2.05) is 0 Å². The number of hydrogen-bond donors (Lipinski definition) is 0. The van der Waals surface area contributed by atoms with Crippen molar-refractivity contribution in [2.45, 2.75) is 44.7 Å². The Morgan fingerprint density at radius 3 is 1.92 bits per heavy atom. The molecule has 0 bridgehead atoms. The summed E-state index contributed by atoms with van der Waals surface area (Å²) in [6.45, 7) is 6.01. The first-order chi connectivity index (χ1) is 12.8. The quantitative estimate of drug-likeness (QED) is 0.647. The first-order valence-electron chi connectivity index (χ1n) is 10.1. The molecule has 3 heteroatoms. The Morgan fingerprint density at radius 1 is 0.731 bits per heavy atom. The Kier molecular flexibility index (Phi) is 6.08. The summed E-state index contributed by atoms with van der Waals surface area (Å²) in [6, 6.07) is 18.5. The highest BCUT2D eigenvalue weighted by molar-refractivity contribution is 9.10. The smallest absolute Gasteiger partial charge is 0.0234 e. The lowest BCUT2D eigenvalue weighted by Gasteiger charge is -2.40. The lowest BCUT2D eigenvalue weighted by molar-refractivity contribution is 0.0755. The molecule has 1 saturated carbocycles. The van der Waals surface area contributed by atoms with Gasteiger partial charge in [0, 0.05) is 43.2 Å². The highest BCUT2D eigenvalue weighted by Gasteiger charge is 2.24. The SMILES string of the molecule is Brc1ccc(-c2ccc(CN3CCN(C4CCCCC4)CC3)cc2)cc1. The molecule has 2 fully saturated rings. The predicted molar refractivity (Wildman–Crippen MR) is 113 cm³/mol. The van der Waals surface area contributed by atoms with Gasteiger partial charge in [-0.3, -0.25) is 9.80 Å². The Labute approximate surface area is 166 Å². The van der Waals surface area contributed by atoms with E-state index in [1.54, 1.807) is 0 Å². The fourth-order valence-electron chi connectivity index (χ4n) is 4.44. The minimum absolute atomic E-state index is 0.871. The topological polar surface area (TPSA) is 6.48 Å². The molecule has 1 aliphatic heterocycles. The van der Waals surface area contributed by atoms with Gasteiger partial charge in [-0.1, -0.05) is 71.6 Å². The maximum atomic E-state index is 3.51. The second-order valence-electron chi connectivity index (χ2n) is 7.81. The average Bonchev–Trinajstić information content (AvgIpc) is 2.71. The Bertz CT molecular complexity index is 681. The minimum Gasteiger partial charge on any atom is -0.298 e. The number of piperazine rings is 1. The molecule has 0 amide bonds. The maximum absolute atomic E-state index is 3.51. The largest absolute Gasteiger partial charge is 0.298 e. The summed E-state index contributed by atoms with van der Waals surface area (Å²) in [5.41, 5.74) is 4.00. The zero-order chi connectivity index (χ0) is 17.8. The molecule has 1 saturated heterocycles. The van der Waals surface area contributed by atoms with Crippen molar-refractivity contribution in [2.75, 3.05) is 26.2 Å². The van der Waals surface area contributed by atoms with Gasteiger partial charge >= 0.3 is 0 Å². The van der Waals surface area contributed by atoms with Crippen LogP contribution in [0.4, 0.5) is 0 Å². The van der Waals surface area contributed by atoms with Crippen molar-refractivity contribution >= 4 is 15.9 Å². The van der Waals surface area contributed by atoms with Crippen molar-refractivity contribution in [3.8, 4) is 11.1 Å². The lowest BCUT2D eigenvalue weighted by Crippen LogP contribution is -2.50. The zero-order valence-corrected chi connectivity index (χ0v) is 17.1. The first kappa shape index (κ1) is 18.2. The van der Waals surface area contributed by atoms with Crippen molar-refractivity contribution < 1.29 is 0 Å². The standard InChI is InChI=1S/C23H29BrN2/c24-22-12-10-21(11-13-22)20-8-6-19(7-9-20)18-25-14-16-26(17-15-25)23-4-2-1-3-5-23/h6-13,23H,1-5,14-18H2. The molecule has 1 aliphatic carbocycles. The minimum atomic E-state index is 0.871. The van der Waals surface area contributed by atoms with Crippen molar-refractivity contribution in [3.63, 3.8) is 0 Å². The summed E-state index contributed by atoms with van der Waals surface area (Å²) in [6.07, 6.45) is 7.19. The molecule has 2 aliphatic rings. The van der Waals surface area contributed by atoms with E-state index in [-0.39, 0.29) is 0 Å². The molecule has 0 aromatic heterocycles. The molecule has 2 nitrogen and oxygen atoms in total. The summed E-state index contributed by atoms with van der Waals surface area (Å²) in [7, 11) is 0. The molecular weight excluding hydrogens is 384 g/mol. The lowest BCUT2D eigenvalue weighted by atomic mass is 9.94. The van der Waals surface area contributed by atoms with E-state index in [0.29, 0.717) is 0 Å². The predicted octanol–water partition coefficient (Wildman–Crippen LogP) is 5.57. The van der Waals surface area contributed by atoms with Gasteiger partial charge in [0.15, 0.2) is 0 Å². The van der Waals surface area contributed by atoms with Crippen molar-refractivity contribution in [3.05, 3.63) is 58.6 Å². The van der Waals surface area contributed by atoms with Gasteiger partial charge in [-0.15, -0.1) is 0 Å². The van der Waals surface area contributed by atoms with Crippen LogP contribution in [-0.4, -0.2) is 42.0 Å². The maximum Gasteiger partial charge on any atom is 0.0234 e. The second kappa shape index (κ2) is 8.69. The second-order valence-corrected chi connectivity index (χ2v) is 8.72. The fraction of sp³-hybridized carbons (Fsp3) is 0.478. The monoisotopic (exact) mass is 412 g/mol. The molecule has 2 aromatic carbocycles. The number of rotatable bonds is 4. The molecule has 4 rings (SSSR count). The van der Waals surface area contributed by atoms with E-state index in [1.165, 1.54) is 75.0 Å². The van der Waals surface area contributed by atoms with Gasteiger partial charge in [-0.2, -0.15) is 0 Å². The van der Waals surface area contributed by atoms with Crippen molar-refractivity contribution in [2.24, 2.45) is 0 Å². The average molecular weight is 413 g/mol. The Morgan fingerprint density at radius 2 is 1.31 bits per heavy atom. The molecule has 138 valence electrons. The van der Waals surface area contributed by atoms with Crippen LogP contribution in [0.2, 0.25) is 0 Å². The van der Waals surface area contributed by atoms with Crippen LogP contribution in [0.15, 0.2) is 53.0 Å². The van der Waals surface area contributed by atoms with Crippen LogP contribution in [0, 0.1) is 0 Å². The van der Waals surface area contributed by atoms with Crippen LogP contribution in [0.3, 0.4) is 0 Å². The van der Waals surface area contributed by atoms with Crippen LogP contribution in [0.5, 0.6) is 0 Å². The van der Waals surface area contributed by atoms with Crippen LogP contribution in [0.25, 0.3) is 11.1 Å². The number of nitrogens with zero attached hydrogens (tertiary/aromatic N) is 2. The van der Waals surface area contributed by atoms with Crippen LogP contribution in [0.1, 0.15) is 37.7 Å². The van der Waals surface area contributed by atoms with Crippen LogP contribution in [-0.2, 0) is 6.54 Å². The number of benzene rings is 2. The molecule has 0 N–H and O–H groups in total. The molecular formula is C23H29BrN2.